The van der Waals surface area contributed by atoms with Crippen molar-refractivity contribution in [3.63, 3.8) is 0 Å². The number of nitrogens with zero attached hydrogens (tertiary/aromatic N) is 4. The molecule has 1 unspecified atom stereocenters. The van der Waals surface area contributed by atoms with Gasteiger partial charge in [-0.05, 0) is 110 Å². The summed E-state index contributed by atoms with van der Waals surface area (Å²) in [5.41, 5.74) is 6.24. The van der Waals surface area contributed by atoms with Crippen LogP contribution in [0.25, 0.3) is 0 Å². The number of aromatic nitrogens is 2. The molecule has 3 aliphatic rings. The van der Waals surface area contributed by atoms with Gasteiger partial charge >= 0.3 is 7.60 Å². The predicted molar refractivity (Wildman–Crippen MR) is 186 cm³/mol. The Bertz CT molecular complexity index is 1010. The Morgan fingerprint density at radius 2 is 1.64 bits per heavy atom. The number of nitrogen functional groups attached to an aromatic ring is 1. The summed E-state index contributed by atoms with van der Waals surface area (Å²) in [4.78, 5) is 14.1. The molecule has 4 rings (SSSR count). The van der Waals surface area contributed by atoms with Crippen LogP contribution in [0.5, 0.6) is 0 Å². The molecule has 2 saturated carbocycles. The molecule has 0 spiro atoms. The third-order valence-corrected chi connectivity index (χ3v) is 12.0. The number of hydrogen-bond donors (Lipinski definition) is 4. The lowest BCUT2D eigenvalue weighted by molar-refractivity contribution is 0.184. The molecule has 0 bridgehead atoms. The van der Waals surface area contributed by atoms with Gasteiger partial charge in [-0.3, -0.25) is 9.46 Å². The summed E-state index contributed by atoms with van der Waals surface area (Å²) in [6.45, 7) is 14.6. The molecule has 5 N–H and O–H groups in total. The molecule has 1 aromatic rings. The van der Waals surface area contributed by atoms with Gasteiger partial charge < -0.3 is 35.6 Å². The van der Waals surface area contributed by atoms with E-state index in [0.717, 1.165) is 76.6 Å². The maximum absolute atomic E-state index is 12.8. The van der Waals surface area contributed by atoms with E-state index >= 15 is 0 Å². The van der Waals surface area contributed by atoms with E-state index < -0.39 is 7.60 Å². The van der Waals surface area contributed by atoms with Crippen molar-refractivity contribution < 1.29 is 13.6 Å². The van der Waals surface area contributed by atoms with Crippen LogP contribution in [0.1, 0.15) is 91.4 Å². The van der Waals surface area contributed by atoms with Crippen molar-refractivity contribution in [1.82, 2.24) is 25.5 Å². The zero-order valence-electron chi connectivity index (χ0n) is 28.5. The second kappa shape index (κ2) is 19.4. The largest absolute Gasteiger partial charge is 0.383 e. The third-order valence-electron chi connectivity index (χ3n) is 9.87. The second-order valence-corrected chi connectivity index (χ2v) is 15.6. The highest BCUT2D eigenvalue weighted by Gasteiger charge is 2.28. The van der Waals surface area contributed by atoms with E-state index in [-0.39, 0.29) is 0 Å². The van der Waals surface area contributed by atoms with Crippen LogP contribution < -0.4 is 26.6 Å². The van der Waals surface area contributed by atoms with Gasteiger partial charge in [0.15, 0.2) is 0 Å². The van der Waals surface area contributed by atoms with Crippen LogP contribution in [-0.2, 0) is 13.6 Å². The van der Waals surface area contributed by atoms with Gasteiger partial charge in [-0.2, -0.15) is 9.97 Å². The van der Waals surface area contributed by atoms with E-state index in [9.17, 15) is 4.57 Å². The summed E-state index contributed by atoms with van der Waals surface area (Å²) in [6.07, 6.45) is 14.5. The Balaban J connectivity index is 1.11. The van der Waals surface area contributed by atoms with Gasteiger partial charge in [0.25, 0.3) is 0 Å². The molecule has 0 amide bonds. The van der Waals surface area contributed by atoms with Crippen LogP contribution in [0, 0.1) is 11.8 Å². The molecule has 0 radical (unpaired) electrons. The zero-order chi connectivity index (χ0) is 31.9. The normalized spacial score (nSPS) is 23.8. The Morgan fingerprint density at radius 1 is 0.933 bits per heavy atom. The summed E-state index contributed by atoms with van der Waals surface area (Å²) in [5.74, 6) is 3.47. The lowest BCUT2D eigenvalue weighted by Gasteiger charge is -2.40. The minimum absolute atomic E-state index is 0.341. The van der Waals surface area contributed by atoms with Gasteiger partial charge in [0, 0.05) is 44.3 Å². The minimum Gasteiger partial charge on any atom is -0.383 e. The van der Waals surface area contributed by atoms with Crippen LogP contribution in [0.3, 0.4) is 0 Å². The highest BCUT2D eigenvalue weighted by Crippen LogP contribution is 2.48. The summed E-state index contributed by atoms with van der Waals surface area (Å²) < 4.78 is 23.7. The molecule has 2 aliphatic carbocycles. The number of hydrogen-bond acceptors (Lipinski definition) is 11. The van der Waals surface area contributed by atoms with E-state index in [1.807, 2.05) is 19.9 Å². The first-order valence-corrected chi connectivity index (χ1v) is 19.8. The molecule has 0 aromatic carbocycles. The van der Waals surface area contributed by atoms with E-state index in [1.165, 1.54) is 64.2 Å². The zero-order valence-corrected chi connectivity index (χ0v) is 29.4. The van der Waals surface area contributed by atoms with Gasteiger partial charge in [-0.15, -0.1) is 0 Å². The SMILES string of the molecule is CCOP(=O)(CCCN1CCN(c2cc(N)nc(NCC3CCC(CNCCCNC4CCCCC4)CC3)n2)CC1C)OCC. The molecular formula is C33H63N8O3P. The Hall–Kier alpha value is -1.49. The fourth-order valence-corrected chi connectivity index (χ4v) is 8.91. The van der Waals surface area contributed by atoms with Crippen LogP contribution >= 0.6 is 7.60 Å². The van der Waals surface area contributed by atoms with Crippen molar-refractivity contribution in [2.45, 2.75) is 103 Å². The average Bonchev–Trinajstić information content (AvgIpc) is 3.03. The van der Waals surface area contributed by atoms with Crippen molar-refractivity contribution in [3.8, 4) is 0 Å². The highest BCUT2D eigenvalue weighted by molar-refractivity contribution is 7.53. The van der Waals surface area contributed by atoms with Crippen molar-refractivity contribution in [2.75, 3.05) is 87.7 Å². The number of rotatable bonds is 19. The quantitative estimate of drug-likeness (QED) is 0.114. The predicted octanol–water partition coefficient (Wildman–Crippen LogP) is 5.35. The molecule has 1 aromatic heterocycles. The number of nitrogens with one attached hydrogen (secondary N) is 3. The third kappa shape index (κ3) is 12.6. The van der Waals surface area contributed by atoms with Crippen molar-refractivity contribution >= 4 is 25.2 Å². The standard InChI is InChI=1S/C33H63N8O3P/c1-4-43-45(42,44-5-2)22-10-19-40-20-21-41(26-27(40)3)32-23-31(34)38-33(39-32)37-25-29-15-13-28(14-16-29)24-35-17-9-18-36-30-11-7-6-8-12-30/h23,27-30,35-36H,4-22,24-26H2,1-3H3,(H3,34,37,38,39). The van der Waals surface area contributed by atoms with Gasteiger partial charge in [0.2, 0.25) is 5.95 Å². The fraction of sp³-hybridized carbons (Fsp3) is 0.879. The van der Waals surface area contributed by atoms with Gasteiger partial charge in [-0.25, -0.2) is 0 Å². The fourth-order valence-electron chi connectivity index (χ4n) is 7.26. The summed E-state index contributed by atoms with van der Waals surface area (Å²) >= 11 is 0. The smallest absolute Gasteiger partial charge is 0.330 e. The molecule has 12 heteroatoms. The van der Waals surface area contributed by atoms with Gasteiger partial charge in [0.05, 0.1) is 19.4 Å². The van der Waals surface area contributed by atoms with Crippen molar-refractivity contribution in [3.05, 3.63) is 6.07 Å². The highest BCUT2D eigenvalue weighted by atomic mass is 31.2. The van der Waals surface area contributed by atoms with E-state index in [0.29, 0.717) is 43.1 Å². The molecule has 11 nitrogen and oxygen atoms in total. The first-order chi connectivity index (χ1) is 21.9. The number of anilines is 3. The minimum atomic E-state index is -2.99. The second-order valence-electron chi connectivity index (χ2n) is 13.4. The number of piperazine rings is 1. The van der Waals surface area contributed by atoms with Gasteiger partial charge in [0.1, 0.15) is 11.6 Å². The topological polar surface area (TPSA) is 130 Å². The van der Waals surface area contributed by atoms with E-state index in [4.69, 9.17) is 19.8 Å². The Labute approximate surface area is 273 Å². The van der Waals surface area contributed by atoms with E-state index in [2.05, 4.69) is 37.7 Å². The monoisotopic (exact) mass is 650 g/mol. The van der Waals surface area contributed by atoms with Crippen LogP contribution in [0.4, 0.5) is 17.6 Å². The first-order valence-electron chi connectivity index (χ1n) is 18.1. The van der Waals surface area contributed by atoms with E-state index in [1.54, 1.807) is 0 Å². The summed E-state index contributed by atoms with van der Waals surface area (Å²) in [7, 11) is -2.99. The molecule has 1 aliphatic heterocycles. The molecule has 45 heavy (non-hydrogen) atoms. The molecule has 1 atom stereocenters. The molecular weight excluding hydrogens is 587 g/mol. The van der Waals surface area contributed by atoms with Crippen LogP contribution in [0.15, 0.2) is 6.07 Å². The molecule has 258 valence electrons. The van der Waals surface area contributed by atoms with Crippen molar-refractivity contribution in [2.24, 2.45) is 11.8 Å². The van der Waals surface area contributed by atoms with Gasteiger partial charge in [-0.1, -0.05) is 19.3 Å². The first kappa shape index (κ1) is 36.3. The molecule has 1 saturated heterocycles. The lowest BCUT2D eigenvalue weighted by atomic mass is 9.82. The van der Waals surface area contributed by atoms with Crippen LogP contribution in [-0.4, -0.2) is 98.7 Å². The molecule has 3 fully saturated rings. The summed E-state index contributed by atoms with van der Waals surface area (Å²) in [5, 5.41) is 11.0. The number of nitrogens with two attached hydrogens (primary N) is 1. The summed E-state index contributed by atoms with van der Waals surface area (Å²) in [6, 6.07) is 3.00. The lowest BCUT2D eigenvalue weighted by Crippen LogP contribution is -2.52. The maximum Gasteiger partial charge on any atom is 0.330 e. The van der Waals surface area contributed by atoms with Crippen LogP contribution in [0.2, 0.25) is 0 Å². The molecule has 2 heterocycles. The Kier molecular flexibility index (Phi) is 15.6. The Morgan fingerprint density at radius 3 is 2.33 bits per heavy atom. The van der Waals surface area contributed by atoms with Crippen molar-refractivity contribution in [1.29, 1.82) is 0 Å². The average molecular weight is 651 g/mol. The maximum atomic E-state index is 12.8.